The van der Waals surface area contributed by atoms with Gasteiger partial charge in [0, 0.05) is 6.54 Å². The van der Waals surface area contributed by atoms with Gasteiger partial charge in [0.25, 0.3) is 11.7 Å². The van der Waals surface area contributed by atoms with Crippen LogP contribution in [-0.2, 0) is 9.59 Å². The molecule has 2 aliphatic heterocycles. The lowest BCUT2D eigenvalue weighted by atomic mass is 9.94. The molecule has 1 unspecified atom stereocenters. The number of rotatable bonds is 6. The van der Waals surface area contributed by atoms with E-state index in [-0.39, 0.29) is 32.7 Å². The van der Waals surface area contributed by atoms with Gasteiger partial charge in [-0.25, -0.2) is 0 Å². The minimum Gasteiger partial charge on any atom is -0.507 e. The number of likely N-dealkylation sites (tertiary alicyclic amines) is 1. The lowest BCUT2D eigenvalue weighted by molar-refractivity contribution is -0.139. The molecule has 0 spiro atoms. The molecule has 2 aromatic rings. The van der Waals surface area contributed by atoms with Crippen molar-refractivity contribution in [2.75, 3.05) is 34.0 Å². The predicted octanol–water partition coefficient (Wildman–Crippen LogP) is 4.61. The quantitative estimate of drug-likeness (QED) is 0.346. The van der Waals surface area contributed by atoms with Crippen molar-refractivity contribution < 1.29 is 33.6 Å². The van der Waals surface area contributed by atoms with Gasteiger partial charge in [-0.3, -0.25) is 9.59 Å². The predicted molar refractivity (Wildman–Crippen MR) is 126 cm³/mol. The van der Waals surface area contributed by atoms with Crippen molar-refractivity contribution in [2.45, 2.75) is 19.4 Å². The summed E-state index contributed by atoms with van der Waals surface area (Å²) in [5.74, 6) is -0.713. The Balaban J connectivity index is 1.94. The normalized spacial score (nSPS) is 18.9. The van der Waals surface area contributed by atoms with E-state index in [2.05, 4.69) is 0 Å². The van der Waals surface area contributed by atoms with Crippen LogP contribution >= 0.6 is 23.2 Å². The minimum absolute atomic E-state index is 0.0257. The Morgan fingerprint density at radius 2 is 1.76 bits per heavy atom. The fourth-order valence-corrected chi connectivity index (χ4v) is 4.91. The monoisotopic (exact) mass is 507 g/mol. The third-order valence-corrected chi connectivity index (χ3v) is 6.31. The van der Waals surface area contributed by atoms with Crippen molar-refractivity contribution >= 4 is 40.7 Å². The number of Topliss-reactive ketones (excluding diaryl/α,β-unsaturated/α-hetero) is 1. The highest BCUT2D eigenvalue weighted by atomic mass is 35.5. The summed E-state index contributed by atoms with van der Waals surface area (Å²) in [6.45, 7) is 3.01. The van der Waals surface area contributed by atoms with E-state index in [1.807, 2.05) is 6.92 Å². The van der Waals surface area contributed by atoms with Gasteiger partial charge in [-0.1, -0.05) is 36.2 Å². The number of aliphatic hydroxyl groups excluding tert-OH is 1. The summed E-state index contributed by atoms with van der Waals surface area (Å²) in [4.78, 5) is 27.6. The Bertz CT molecular complexity index is 1190. The van der Waals surface area contributed by atoms with Gasteiger partial charge in [0.1, 0.15) is 24.0 Å². The summed E-state index contributed by atoms with van der Waals surface area (Å²) in [6.07, 6.45) is 0.609. The summed E-state index contributed by atoms with van der Waals surface area (Å²) in [5.41, 5.74) is 0.546. The standard InChI is InChI=1S/C24H23Cl2NO7/c1-4-7-27-19(12-5-6-15-16(10-12)34-9-8-33-15)17(21(29)24(27)30)20(28)13-11-14(25)23(32-3)18(26)22(13)31-2/h5-6,10-11,19,28H,4,7-9H2,1-3H3/b20-17+. The van der Waals surface area contributed by atoms with Crippen LogP contribution in [0.5, 0.6) is 23.0 Å². The number of aliphatic hydroxyl groups is 1. The molecule has 0 aliphatic carbocycles. The van der Waals surface area contributed by atoms with Crippen LogP contribution in [0.25, 0.3) is 5.76 Å². The van der Waals surface area contributed by atoms with Crippen LogP contribution < -0.4 is 18.9 Å². The molecule has 0 saturated carbocycles. The second kappa shape index (κ2) is 9.64. The number of halogens is 2. The fourth-order valence-electron chi connectivity index (χ4n) is 4.22. The largest absolute Gasteiger partial charge is 0.507 e. The highest BCUT2D eigenvalue weighted by molar-refractivity contribution is 6.47. The lowest BCUT2D eigenvalue weighted by Gasteiger charge is -2.26. The zero-order valence-corrected chi connectivity index (χ0v) is 20.3. The van der Waals surface area contributed by atoms with Gasteiger partial charge < -0.3 is 29.0 Å². The molecule has 0 bridgehead atoms. The molecule has 1 amide bonds. The summed E-state index contributed by atoms with van der Waals surface area (Å²) >= 11 is 12.7. The zero-order chi connectivity index (χ0) is 24.6. The van der Waals surface area contributed by atoms with Gasteiger partial charge in [-0.2, -0.15) is 0 Å². The van der Waals surface area contributed by atoms with Crippen molar-refractivity contribution in [3.8, 4) is 23.0 Å². The number of carbonyl (C=O) groups excluding carboxylic acids is 2. The molecule has 0 radical (unpaired) electrons. The Hall–Kier alpha value is -3.10. The Morgan fingerprint density at radius 3 is 2.41 bits per heavy atom. The minimum atomic E-state index is -0.861. The molecule has 1 fully saturated rings. The van der Waals surface area contributed by atoms with Crippen LogP contribution in [0.2, 0.25) is 10.0 Å². The van der Waals surface area contributed by atoms with E-state index in [1.165, 1.54) is 25.2 Å². The molecular formula is C24H23Cl2NO7. The van der Waals surface area contributed by atoms with Crippen LogP contribution in [-0.4, -0.2) is 55.7 Å². The summed E-state index contributed by atoms with van der Waals surface area (Å²) < 4.78 is 21.9. The van der Waals surface area contributed by atoms with E-state index < -0.39 is 23.5 Å². The van der Waals surface area contributed by atoms with E-state index >= 15 is 0 Å². The number of carbonyl (C=O) groups is 2. The molecular weight excluding hydrogens is 485 g/mol. The number of amides is 1. The molecule has 34 heavy (non-hydrogen) atoms. The van der Waals surface area contributed by atoms with Crippen LogP contribution in [0.15, 0.2) is 29.8 Å². The molecule has 2 aliphatic rings. The van der Waals surface area contributed by atoms with Crippen molar-refractivity contribution in [3.63, 3.8) is 0 Å². The second-order valence-corrected chi connectivity index (χ2v) is 8.47. The maximum absolute atomic E-state index is 13.2. The highest BCUT2D eigenvalue weighted by Gasteiger charge is 2.46. The number of methoxy groups -OCH3 is 2. The van der Waals surface area contributed by atoms with E-state index in [0.717, 1.165) is 0 Å². The first-order valence-electron chi connectivity index (χ1n) is 10.6. The van der Waals surface area contributed by atoms with Gasteiger partial charge in [0.05, 0.1) is 36.4 Å². The molecule has 10 heteroatoms. The maximum atomic E-state index is 13.2. The van der Waals surface area contributed by atoms with Gasteiger partial charge in [0.2, 0.25) is 0 Å². The van der Waals surface area contributed by atoms with E-state index in [1.54, 1.807) is 18.2 Å². The summed E-state index contributed by atoms with van der Waals surface area (Å²) in [7, 11) is 2.75. The van der Waals surface area contributed by atoms with Crippen LogP contribution in [0.4, 0.5) is 0 Å². The molecule has 1 atom stereocenters. The van der Waals surface area contributed by atoms with Gasteiger partial charge >= 0.3 is 0 Å². The van der Waals surface area contributed by atoms with E-state index in [0.29, 0.717) is 43.2 Å². The molecule has 1 saturated heterocycles. The van der Waals surface area contributed by atoms with E-state index in [9.17, 15) is 14.7 Å². The topological polar surface area (TPSA) is 94.5 Å². The van der Waals surface area contributed by atoms with Crippen LogP contribution in [0, 0.1) is 0 Å². The van der Waals surface area contributed by atoms with E-state index in [4.69, 9.17) is 42.1 Å². The van der Waals surface area contributed by atoms with Crippen molar-refractivity contribution in [2.24, 2.45) is 0 Å². The molecule has 2 aromatic carbocycles. The number of benzene rings is 2. The molecule has 4 rings (SSSR count). The number of ether oxygens (including phenoxy) is 4. The SMILES string of the molecule is CCCN1C(=O)C(=O)/C(=C(/O)c2cc(Cl)c(OC)c(Cl)c2OC)C1c1ccc2c(c1)OCCO2. The third-order valence-electron chi connectivity index (χ3n) is 5.68. The first kappa shape index (κ1) is 24.0. The van der Waals surface area contributed by atoms with Gasteiger partial charge in [0.15, 0.2) is 23.0 Å². The maximum Gasteiger partial charge on any atom is 0.295 e. The number of hydrogen-bond acceptors (Lipinski definition) is 7. The summed E-state index contributed by atoms with van der Waals surface area (Å²) in [6, 6.07) is 5.70. The summed E-state index contributed by atoms with van der Waals surface area (Å²) in [5, 5.41) is 11.5. The second-order valence-electron chi connectivity index (χ2n) is 7.68. The fraction of sp³-hybridized carbons (Fsp3) is 0.333. The van der Waals surface area contributed by atoms with Gasteiger partial charge in [-0.15, -0.1) is 0 Å². The highest BCUT2D eigenvalue weighted by Crippen LogP contribution is 2.48. The average molecular weight is 508 g/mol. The number of hydrogen-bond donors (Lipinski definition) is 1. The van der Waals surface area contributed by atoms with Crippen LogP contribution in [0.3, 0.4) is 0 Å². The molecule has 2 heterocycles. The number of fused-ring (bicyclic) bond motifs is 1. The molecule has 8 nitrogen and oxygen atoms in total. The Labute approximate surface area is 206 Å². The van der Waals surface area contributed by atoms with Crippen molar-refractivity contribution in [1.82, 2.24) is 4.90 Å². The average Bonchev–Trinajstić information content (AvgIpc) is 3.08. The van der Waals surface area contributed by atoms with Crippen molar-refractivity contribution in [1.29, 1.82) is 0 Å². The van der Waals surface area contributed by atoms with Crippen molar-refractivity contribution in [3.05, 3.63) is 51.0 Å². The first-order valence-corrected chi connectivity index (χ1v) is 11.4. The first-order chi connectivity index (χ1) is 16.3. The van der Waals surface area contributed by atoms with Gasteiger partial charge in [-0.05, 0) is 30.2 Å². The smallest absolute Gasteiger partial charge is 0.295 e. The lowest BCUT2D eigenvalue weighted by Crippen LogP contribution is -2.30. The Kier molecular flexibility index (Phi) is 6.81. The molecule has 180 valence electrons. The Morgan fingerprint density at radius 1 is 1.09 bits per heavy atom. The number of ketones is 1. The third kappa shape index (κ3) is 3.91. The zero-order valence-electron chi connectivity index (χ0n) is 18.8. The van der Waals surface area contributed by atoms with Crippen LogP contribution in [0.1, 0.15) is 30.5 Å². The number of nitrogens with zero attached hydrogens (tertiary/aromatic N) is 1. The molecule has 1 N–H and O–H groups in total. The molecule has 0 aromatic heterocycles.